The van der Waals surface area contributed by atoms with Crippen molar-refractivity contribution in [2.24, 2.45) is 5.92 Å². The zero-order valence-corrected chi connectivity index (χ0v) is 21.9. The van der Waals surface area contributed by atoms with E-state index in [1.165, 1.54) is 18.9 Å². The summed E-state index contributed by atoms with van der Waals surface area (Å²) in [6.07, 6.45) is 11.3. The van der Waals surface area contributed by atoms with E-state index in [-0.39, 0.29) is 22.6 Å². The number of pyridine rings is 1. The number of nitrogens with zero attached hydrogens (tertiary/aromatic N) is 4. The molecule has 3 aliphatic carbocycles. The van der Waals surface area contributed by atoms with Gasteiger partial charge in [0.2, 0.25) is 0 Å². The van der Waals surface area contributed by atoms with Crippen LogP contribution in [-0.2, 0) is 23.7 Å². The summed E-state index contributed by atoms with van der Waals surface area (Å²) in [5.74, 6) is 2.12. The Bertz CT molecular complexity index is 1570. The highest BCUT2D eigenvalue weighted by molar-refractivity contribution is 5.70. The lowest BCUT2D eigenvalue weighted by Crippen LogP contribution is -2.53. The number of allylic oxidation sites excluding steroid dienone is 1. The van der Waals surface area contributed by atoms with Gasteiger partial charge in [-0.25, -0.2) is 14.4 Å². The van der Waals surface area contributed by atoms with Gasteiger partial charge in [0.15, 0.2) is 5.82 Å². The van der Waals surface area contributed by atoms with Crippen LogP contribution in [-0.4, -0.2) is 20.1 Å². The molecule has 192 valence electrons. The summed E-state index contributed by atoms with van der Waals surface area (Å²) in [5, 5.41) is 4.20. The number of halogens is 1. The fourth-order valence-electron chi connectivity index (χ4n) is 7.33. The molecule has 1 saturated carbocycles. The molecule has 0 spiro atoms. The Hall–Kier alpha value is -3.67. The van der Waals surface area contributed by atoms with Crippen molar-refractivity contribution < 1.29 is 8.91 Å². The van der Waals surface area contributed by atoms with Crippen LogP contribution in [0.5, 0.6) is 0 Å². The molecule has 5 nitrogen and oxygen atoms in total. The summed E-state index contributed by atoms with van der Waals surface area (Å²) >= 11 is 0. The van der Waals surface area contributed by atoms with Gasteiger partial charge in [-0.3, -0.25) is 4.98 Å². The molecule has 38 heavy (non-hydrogen) atoms. The Morgan fingerprint density at radius 3 is 2.76 bits per heavy atom. The molecule has 1 fully saturated rings. The first-order valence-electron chi connectivity index (χ1n) is 13.6. The lowest BCUT2D eigenvalue weighted by Gasteiger charge is -2.53. The van der Waals surface area contributed by atoms with E-state index in [4.69, 9.17) is 14.5 Å². The highest BCUT2D eigenvalue weighted by Gasteiger charge is 2.57. The van der Waals surface area contributed by atoms with E-state index in [0.717, 1.165) is 59.5 Å². The maximum absolute atomic E-state index is 15.3. The molecule has 0 amide bonds. The standard InChI is InChI=1S/C32H31FN4O/c1-4-14-31(2)26-12-11-23-27(22-7-5-6-8-24(22)33)36-30(20-13-15-34-25(16-20)19-9-10-19)37-28(23)32(26,3)17-21-18-35-38-29(21)31/h4-8,13,15-16,18-19,26H,1,9-12,14,17H2,2-3H3/t26-,31-,32-/m1/s1. The number of aromatic nitrogens is 4. The number of benzene rings is 1. The van der Waals surface area contributed by atoms with E-state index < -0.39 is 0 Å². The molecule has 0 N–H and O–H groups in total. The van der Waals surface area contributed by atoms with E-state index >= 15 is 4.39 Å². The summed E-state index contributed by atoms with van der Waals surface area (Å²) in [5.41, 5.74) is 5.89. The van der Waals surface area contributed by atoms with E-state index in [1.807, 2.05) is 36.7 Å². The molecule has 0 unspecified atom stereocenters. The molecule has 0 saturated heterocycles. The molecular weight excluding hydrogens is 475 g/mol. The van der Waals surface area contributed by atoms with Crippen molar-refractivity contribution in [2.75, 3.05) is 0 Å². The predicted octanol–water partition coefficient (Wildman–Crippen LogP) is 7.12. The first-order chi connectivity index (χ1) is 18.4. The smallest absolute Gasteiger partial charge is 0.160 e. The van der Waals surface area contributed by atoms with E-state index in [9.17, 15) is 0 Å². The molecule has 0 radical (unpaired) electrons. The number of hydrogen-bond donors (Lipinski definition) is 0. The van der Waals surface area contributed by atoms with Gasteiger partial charge in [0.1, 0.15) is 11.6 Å². The third kappa shape index (κ3) is 3.42. The molecule has 3 aromatic heterocycles. The third-order valence-electron chi connectivity index (χ3n) is 9.22. The minimum absolute atomic E-state index is 0.253. The minimum Gasteiger partial charge on any atom is -0.361 e. The first-order valence-corrected chi connectivity index (χ1v) is 13.6. The Morgan fingerprint density at radius 2 is 1.97 bits per heavy atom. The van der Waals surface area contributed by atoms with Crippen molar-refractivity contribution in [2.45, 2.75) is 69.1 Å². The van der Waals surface area contributed by atoms with E-state index in [0.29, 0.717) is 23.0 Å². The molecule has 4 aromatic rings. The second-order valence-electron chi connectivity index (χ2n) is 11.7. The maximum Gasteiger partial charge on any atom is 0.160 e. The van der Waals surface area contributed by atoms with Crippen LogP contribution in [0.1, 0.15) is 73.7 Å². The monoisotopic (exact) mass is 506 g/mol. The summed E-state index contributed by atoms with van der Waals surface area (Å²) in [4.78, 5) is 15.0. The molecule has 0 aliphatic heterocycles. The molecule has 6 heteroatoms. The largest absolute Gasteiger partial charge is 0.361 e. The van der Waals surface area contributed by atoms with Crippen molar-refractivity contribution in [3.05, 3.63) is 95.5 Å². The van der Waals surface area contributed by atoms with Crippen LogP contribution < -0.4 is 0 Å². The molecular formula is C32H31FN4O. The molecule has 3 atom stereocenters. The predicted molar refractivity (Wildman–Crippen MR) is 144 cm³/mol. The van der Waals surface area contributed by atoms with Crippen LogP contribution in [0.25, 0.3) is 22.6 Å². The highest BCUT2D eigenvalue weighted by atomic mass is 19.1. The number of rotatable bonds is 5. The average Bonchev–Trinajstić information content (AvgIpc) is 3.66. The van der Waals surface area contributed by atoms with Crippen LogP contribution in [0.4, 0.5) is 4.39 Å². The molecule has 7 rings (SSSR count). The number of fused-ring (bicyclic) bond motifs is 4. The van der Waals surface area contributed by atoms with Crippen LogP contribution in [0.3, 0.4) is 0 Å². The van der Waals surface area contributed by atoms with Crippen LogP contribution in [0.15, 0.2) is 66.0 Å². The van der Waals surface area contributed by atoms with E-state index in [2.05, 4.69) is 36.6 Å². The summed E-state index contributed by atoms with van der Waals surface area (Å²) in [6, 6.07) is 11.0. The van der Waals surface area contributed by atoms with Crippen LogP contribution in [0.2, 0.25) is 0 Å². The lowest BCUT2D eigenvalue weighted by atomic mass is 9.50. The fourth-order valence-corrected chi connectivity index (χ4v) is 7.33. The first kappa shape index (κ1) is 23.4. The lowest BCUT2D eigenvalue weighted by molar-refractivity contribution is 0.0974. The molecule has 0 bridgehead atoms. The van der Waals surface area contributed by atoms with Gasteiger partial charge >= 0.3 is 0 Å². The summed E-state index contributed by atoms with van der Waals surface area (Å²) in [7, 11) is 0. The van der Waals surface area contributed by atoms with Gasteiger partial charge in [0.05, 0.1) is 17.6 Å². The second kappa shape index (κ2) is 8.42. The van der Waals surface area contributed by atoms with Gasteiger partial charge < -0.3 is 4.52 Å². The highest BCUT2D eigenvalue weighted by Crippen LogP contribution is 2.58. The Kier molecular flexibility index (Phi) is 5.19. The zero-order chi connectivity index (χ0) is 26.1. The van der Waals surface area contributed by atoms with Gasteiger partial charge in [0.25, 0.3) is 0 Å². The molecule has 3 heterocycles. The van der Waals surface area contributed by atoms with Crippen molar-refractivity contribution >= 4 is 0 Å². The molecule has 1 aromatic carbocycles. The summed E-state index contributed by atoms with van der Waals surface area (Å²) < 4.78 is 21.1. The van der Waals surface area contributed by atoms with Crippen molar-refractivity contribution in [1.29, 1.82) is 0 Å². The second-order valence-corrected chi connectivity index (χ2v) is 11.7. The van der Waals surface area contributed by atoms with Gasteiger partial charge in [0, 0.05) is 50.9 Å². The van der Waals surface area contributed by atoms with Gasteiger partial charge in [-0.15, -0.1) is 6.58 Å². The summed E-state index contributed by atoms with van der Waals surface area (Å²) in [6.45, 7) is 8.66. The van der Waals surface area contributed by atoms with Gasteiger partial charge in [-0.05, 0) is 68.7 Å². The normalized spacial score (nSPS) is 25.8. The Labute approximate surface area is 222 Å². The van der Waals surface area contributed by atoms with E-state index in [1.54, 1.807) is 6.07 Å². The van der Waals surface area contributed by atoms with Gasteiger partial charge in [-0.1, -0.05) is 37.2 Å². The van der Waals surface area contributed by atoms with Crippen LogP contribution >= 0.6 is 0 Å². The quantitative estimate of drug-likeness (QED) is 0.270. The number of hydrogen-bond acceptors (Lipinski definition) is 5. The van der Waals surface area contributed by atoms with Gasteiger partial charge in [-0.2, -0.15) is 0 Å². The maximum atomic E-state index is 15.3. The van der Waals surface area contributed by atoms with Crippen LogP contribution in [0, 0.1) is 11.7 Å². The average molecular weight is 507 g/mol. The third-order valence-corrected chi connectivity index (χ3v) is 9.22. The SMILES string of the molecule is C=CC[C@@]1(C)c2oncc2C[C@@]2(C)c3nc(-c4ccnc(C5CC5)c4)nc(-c4ccccc4F)c3CC[C@@H]21. The Balaban J connectivity index is 1.48. The van der Waals surface area contributed by atoms with Crippen molar-refractivity contribution in [3.8, 4) is 22.6 Å². The fraction of sp³-hybridized carbons (Fsp3) is 0.375. The Morgan fingerprint density at radius 1 is 1.13 bits per heavy atom. The zero-order valence-electron chi connectivity index (χ0n) is 21.9. The minimum atomic E-state index is -0.298. The van der Waals surface area contributed by atoms with Crippen molar-refractivity contribution in [3.63, 3.8) is 0 Å². The topological polar surface area (TPSA) is 64.7 Å². The van der Waals surface area contributed by atoms with Crippen molar-refractivity contribution in [1.82, 2.24) is 20.1 Å². The molecule has 3 aliphatic rings.